The van der Waals surface area contributed by atoms with Crippen molar-refractivity contribution in [3.63, 3.8) is 0 Å². The average Bonchev–Trinajstić information content (AvgIpc) is 2.27. The number of hydrogen-bond acceptors (Lipinski definition) is 2. The maximum Gasteiger partial charge on any atom is 0.231 e. The first-order chi connectivity index (χ1) is 7.24. The molecule has 0 aliphatic carbocycles. The van der Waals surface area contributed by atoms with Crippen molar-refractivity contribution in [3.8, 4) is 0 Å². The SMILES string of the molecule is CCCCC(=O)NS(=O)c1ccccc1. The van der Waals surface area contributed by atoms with Gasteiger partial charge in [0.1, 0.15) is 0 Å². The van der Waals surface area contributed by atoms with Gasteiger partial charge in [-0.2, -0.15) is 0 Å². The number of benzene rings is 1. The first kappa shape index (κ1) is 11.9. The third-order valence-corrected chi connectivity index (χ3v) is 3.03. The van der Waals surface area contributed by atoms with Gasteiger partial charge in [0.2, 0.25) is 5.91 Å². The fourth-order valence-electron chi connectivity index (χ4n) is 1.09. The zero-order valence-electron chi connectivity index (χ0n) is 8.73. The fourth-order valence-corrected chi connectivity index (χ4v) is 1.93. The Morgan fingerprint density at radius 3 is 2.60 bits per heavy atom. The molecule has 1 N–H and O–H groups in total. The Bertz CT molecular complexity index is 338. The minimum atomic E-state index is -1.42. The van der Waals surface area contributed by atoms with Crippen molar-refractivity contribution in [3.05, 3.63) is 30.3 Å². The van der Waals surface area contributed by atoms with Crippen LogP contribution in [0, 0.1) is 0 Å². The molecule has 0 heterocycles. The van der Waals surface area contributed by atoms with Crippen molar-refractivity contribution in [2.75, 3.05) is 0 Å². The summed E-state index contributed by atoms with van der Waals surface area (Å²) in [5.74, 6) is -0.154. The van der Waals surface area contributed by atoms with Crippen LogP contribution in [0.15, 0.2) is 35.2 Å². The van der Waals surface area contributed by atoms with E-state index in [0.717, 1.165) is 12.8 Å². The molecule has 0 bridgehead atoms. The first-order valence-electron chi connectivity index (χ1n) is 5.00. The zero-order valence-corrected chi connectivity index (χ0v) is 9.55. The Hall–Kier alpha value is -1.16. The highest BCUT2D eigenvalue weighted by atomic mass is 32.2. The summed E-state index contributed by atoms with van der Waals surface area (Å²) in [6.07, 6.45) is 2.23. The predicted octanol–water partition coefficient (Wildman–Crippen LogP) is 2.02. The van der Waals surface area contributed by atoms with Gasteiger partial charge in [-0.25, -0.2) is 4.21 Å². The summed E-state index contributed by atoms with van der Waals surface area (Å²) < 4.78 is 14.1. The van der Waals surface area contributed by atoms with Crippen molar-refractivity contribution in [2.45, 2.75) is 31.1 Å². The molecule has 0 aliphatic rings. The van der Waals surface area contributed by atoms with Crippen molar-refractivity contribution in [1.29, 1.82) is 0 Å². The molecule has 4 heteroatoms. The second-order valence-corrected chi connectivity index (χ2v) is 4.42. The van der Waals surface area contributed by atoms with Crippen molar-refractivity contribution in [2.24, 2.45) is 0 Å². The molecule has 0 aliphatic heterocycles. The van der Waals surface area contributed by atoms with Gasteiger partial charge in [-0.15, -0.1) is 0 Å². The highest BCUT2D eigenvalue weighted by Crippen LogP contribution is 2.03. The molecule has 1 rings (SSSR count). The molecule has 1 aromatic carbocycles. The number of nitrogens with one attached hydrogen (secondary N) is 1. The third-order valence-electron chi connectivity index (χ3n) is 1.92. The summed E-state index contributed by atoms with van der Waals surface area (Å²) in [6, 6.07) is 8.91. The number of unbranched alkanes of at least 4 members (excludes halogenated alkanes) is 1. The van der Waals surface area contributed by atoms with E-state index in [1.54, 1.807) is 24.3 Å². The van der Waals surface area contributed by atoms with Crippen molar-refractivity contribution < 1.29 is 9.00 Å². The average molecular weight is 225 g/mol. The van der Waals surface area contributed by atoms with E-state index < -0.39 is 11.0 Å². The lowest BCUT2D eigenvalue weighted by Crippen LogP contribution is -2.25. The van der Waals surface area contributed by atoms with E-state index in [4.69, 9.17) is 0 Å². The third kappa shape index (κ3) is 4.25. The van der Waals surface area contributed by atoms with Crippen LogP contribution in [0.4, 0.5) is 0 Å². The number of carbonyl (C=O) groups is 1. The van der Waals surface area contributed by atoms with E-state index >= 15 is 0 Å². The van der Waals surface area contributed by atoms with Crippen LogP contribution in [0.3, 0.4) is 0 Å². The van der Waals surface area contributed by atoms with Crippen LogP contribution < -0.4 is 4.72 Å². The van der Waals surface area contributed by atoms with Gasteiger partial charge in [-0.1, -0.05) is 31.5 Å². The van der Waals surface area contributed by atoms with Gasteiger partial charge in [0.05, 0.1) is 4.90 Å². The lowest BCUT2D eigenvalue weighted by molar-refractivity contribution is -0.119. The van der Waals surface area contributed by atoms with E-state index in [-0.39, 0.29) is 5.91 Å². The second-order valence-electron chi connectivity index (χ2n) is 3.21. The largest absolute Gasteiger partial charge is 0.274 e. The topological polar surface area (TPSA) is 46.2 Å². The molecule has 0 radical (unpaired) electrons. The smallest absolute Gasteiger partial charge is 0.231 e. The maximum absolute atomic E-state index is 11.6. The summed E-state index contributed by atoms with van der Waals surface area (Å²) in [6.45, 7) is 2.02. The molecule has 3 nitrogen and oxygen atoms in total. The lowest BCUT2D eigenvalue weighted by Gasteiger charge is -2.03. The Labute approximate surface area is 92.5 Å². The molecule has 82 valence electrons. The monoisotopic (exact) mass is 225 g/mol. The Morgan fingerprint density at radius 2 is 2.00 bits per heavy atom. The Balaban J connectivity index is 2.46. The van der Waals surface area contributed by atoms with E-state index in [2.05, 4.69) is 4.72 Å². The highest BCUT2D eigenvalue weighted by Gasteiger charge is 2.06. The first-order valence-corrected chi connectivity index (χ1v) is 6.15. The maximum atomic E-state index is 11.6. The van der Waals surface area contributed by atoms with Crippen LogP contribution in [0.5, 0.6) is 0 Å². The van der Waals surface area contributed by atoms with Crippen LogP contribution in [-0.4, -0.2) is 10.1 Å². The van der Waals surface area contributed by atoms with Crippen LogP contribution >= 0.6 is 0 Å². The zero-order chi connectivity index (χ0) is 11.1. The van der Waals surface area contributed by atoms with Crippen LogP contribution in [0.25, 0.3) is 0 Å². The molecule has 15 heavy (non-hydrogen) atoms. The van der Waals surface area contributed by atoms with Crippen molar-refractivity contribution in [1.82, 2.24) is 4.72 Å². The van der Waals surface area contributed by atoms with Gasteiger partial charge in [0.15, 0.2) is 11.0 Å². The molecule has 0 saturated carbocycles. The fraction of sp³-hybridized carbons (Fsp3) is 0.364. The molecule has 0 fully saturated rings. The van der Waals surface area contributed by atoms with Crippen LogP contribution in [0.2, 0.25) is 0 Å². The van der Waals surface area contributed by atoms with Gasteiger partial charge in [-0.05, 0) is 18.6 Å². The summed E-state index contributed by atoms with van der Waals surface area (Å²) in [7, 11) is -1.42. The summed E-state index contributed by atoms with van der Waals surface area (Å²) >= 11 is 0. The quantitative estimate of drug-likeness (QED) is 0.833. The summed E-state index contributed by atoms with van der Waals surface area (Å²) in [5, 5.41) is 0. The molecular formula is C11H15NO2S. The standard InChI is InChI=1S/C11H15NO2S/c1-2-3-9-11(13)12-15(14)10-7-5-4-6-8-10/h4-8H,2-3,9H2,1H3,(H,12,13). The highest BCUT2D eigenvalue weighted by molar-refractivity contribution is 7.83. The molecule has 0 spiro atoms. The van der Waals surface area contributed by atoms with Gasteiger partial charge in [-0.3, -0.25) is 9.52 Å². The van der Waals surface area contributed by atoms with Gasteiger partial charge >= 0.3 is 0 Å². The van der Waals surface area contributed by atoms with Crippen LogP contribution in [-0.2, 0) is 15.8 Å². The molecular weight excluding hydrogens is 210 g/mol. The van der Waals surface area contributed by atoms with E-state index in [0.29, 0.717) is 11.3 Å². The number of carbonyl (C=O) groups excluding carboxylic acids is 1. The Morgan fingerprint density at radius 1 is 1.33 bits per heavy atom. The molecule has 1 amide bonds. The number of hydrogen-bond donors (Lipinski definition) is 1. The number of amides is 1. The van der Waals surface area contributed by atoms with Gasteiger partial charge < -0.3 is 0 Å². The minimum absolute atomic E-state index is 0.154. The number of rotatable bonds is 5. The van der Waals surface area contributed by atoms with E-state index in [9.17, 15) is 9.00 Å². The normalized spacial score (nSPS) is 12.1. The van der Waals surface area contributed by atoms with Crippen molar-refractivity contribution >= 4 is 16.9 Å². The van der Waals surface area contributed by atoms with Gasteiger partial charge in [0, 0.05) is 6.42 Å². The molecule has 0 saturated heterocycles. The minimum Gasteiger partial charge on any atom is -0.274 e. The predicted molar refractivity (Wildman–Crippen MR) is 60.5 cm³/mol. The second kappa shape index (κ2) is 6.35. The molecule has 1 unspecified atom stereocenters. The van der Waals surface area contributed by atoms with Crippen LogP contribution in [0.1, 0.15) is 26.2 Å². The molecule has 0 aromatic heterocycles. The molecule has 1 aromatic rings. The Kier molecular flexibility index (Phi) is 5.04. The van der Waals surface area contributed by atoms with Gasteiger partial charge in [0.25, 0.3) is 0 Å². The summed E-state index contributed by atoms with van der Waals surface area (Å²) in [5.41, 5.74) is 0. The van der Waals surface area contributed by atoms with E-state index in [1.807, 2.05) is 13.0 Å². The van der Waals surface area contributed by atoms with E-state index in [1.165, 1.54) is 0 Å². The molecule has 1 atom stereocenters. The summed E-state index contributed by atoms with van der Waals surface area (Å²) in [4.78, 5) is 11.9. The lowest BCUT2D eigenvalue weighted by atomic mass is 10.2.